The fourth-order valence-corrected chi connectivity index (χ4v) is 1.19. The molecule has 2 N–H and O–H groups in total. The molecule has 0 fully saturated rings. The van der Waals surface area contributed by atoms with E-state index in [1.807, 2.05) is 44.2 Å². The van der Waals surface area contributed by atoms with E-state index >= 15 is 0 Å². The van der Waals surface area contributed by atoms with Crippen molar-refractivity contribution in [2.45, 2.75) is 25.5 Å². The van der Waals surface area contributed by atoms with Gasteiger partial charge in [-0.15, -0.1) is 0 Å². The Kier molecular flexibility index (Phi) is 3.07. The van der Waals surface area contributed by atoms with Crippen LogP contribution in [0.25, 0.3) is 0 Å². The van der Waals surface area contributed by atoms with Gasteiger partial charge in [-0.05, 0) is 19.4 Å². The van der Waals surface area contributed by atoms with Crippen LogP contribution in [0.3, 0.4) is 0 Å². The van der Waals surface area contributed by atoms with Gasteiger partial charge in [-0.1, -0.05) is 30.3 Å². The summed E-state index contributed by atoms with van der Waals surface area (Å²) in [7, 11) is 1.68. The van der Waals surface area contributed by atoms with Crippen LogP contribution in [0, 0.1) is 0 Å². The maximum absolute atomic E-state index is 6.06. The predicted molar refractivity (Wildman–Crippen MR) is 54.5 cm³/mol. The van der Waals surface area contributed by atoms with Gasteiger partial charge in [0.25, 0.3) is 0 Å². The van der Waals surface area contributed by atoms with Crippen LogP contribution in [0.1, 0.15) is 25.5 Å². The highest BCUT2D eigenvalue weighted by atomic mass is 16.5. The third-order valence-electron chi connectivity index (χ3n) is 2.43. The van der Waals surface area contributed by atoms with E-state index in [9.17, 15) is 0 Å². The Bertz CT molecular complexity index is 256. The van der Waals surface area contributed by atoms with Gasteiger partial charge in [0, 0.05) is 7.11 Å². The average molecular weight is 179 g/mol. The molecule has 0 aromatic heterocycles. The summed E-state index contributed by atoms with van der Waals surface area (Å²) in [5.41, 5.74) is 6.85. The lowest BCUT2D eigenvalue weighted by Gasteiger charge is -2.30. The van der Waals surface area contributed by atoms with Gasteiger partial charge in [-0.25, -0.2) is 0 Å². The van der Waals surface area contributed by atoms with Crippen molar-refractivity contribution in [3.8, 4) is 0 Å². The van der Waals surface area contributed by atoms with Gasteiger partial charge in [0.15, 0.2) is 0 Å². The lowest BCUT2D eigenvalue weighted by molar-refractivity contribution is -0.0000293. The second kappa shape index (κ2) is 3.90. The molecule has 0 saturated carbocycles. The molecule has 1 rings (SSSR count). The molecule has 0 bridgehead atoms. The lowest BCUT2D eigenvalue weighted by Crippen LogP contribution is -2.37. The van der Waals surface area contributed by atoms with Gasteiger partial charge in [0.1, 0.15) is 0 Å². The molecule has 13 heavy (non-hydrogen) atoms. The lowest BCUT2D eigenvalue weighted by atomic mass is 9.93. The minimum atomic E-state index is -0.318. The third-order valence-corrected chi connectivity index (χ3v) is 2.43. The van der Waals surface area contributed by atoms with Gasteiger partial charge in [-0.3, -0.25) is 0 Å². The van der Waals surface area contributed by atoms with Gasteiger partial charge >= 0.3 is 0 Å². The maximum Gasteiger partial charge on any atom is 0.0814 e. The minimum absolute atomic E-state index is 0.0845. The Balaban J connectivity index is 2.85. The van der Waals surface area contributed by atoms with Crippen molar-refractivity contribution in [2.75, 3.05) is 7.11 Å². The number of hydrogen-bond donors (Lipinski definition) is 1. The van der Waals surface area contributed by atoms with Crippen LogP contribution in [0.2, 0.25) is 0 Å². The molecule has 0 saturated heterocycles. The van der Waals surface area contributed by atoms with Gasteiger partial charge < -0.3 is 10.5 Å². The predicted octanol–water partition coefficient (Wildman–Crippen LogP) is 2.11. The number of nitrogens with two attached hydrogens (primary N) is 1. The molecule has 1 atom stereocenters. The zero-order valence-electron chi connectivity index (χ0n) is 8.45. The largest absolute Gasteiger partial charge is 0.377 e. The smallest absolute Gasteiger partial charge is 0.0814 e. The summed E-state index contributed by atoms with van der Waals surface area (Å²) in [6.07, 6.45) is 0. The molecular weight excluding hydrogens is 162 g/mol. The van der Waals surface area contributed by atoms with E-state index in [2.05, 4.69) is 0 Å². The second-order valence-corrected chi connectivity index (χ2v) is 3.70. The molecule has 0 unspecified atom stereocenters. The topological polar surface area (TPSA) is 35.2 Å². The zero-order chi connectivity index (χ0) is 9.90. The Labute approximate surface area is 79.7 Å². The van der Waals surface area contributed by atoms with E-state index in [0.29, 0.717) is 0 Å². The van der Waals surface area contributed by atoms with Crippen LogP contribution in [0.4, 0.5) is 0 Å². The molecule has 0 spiro atoms. The quantitative estimate of drug-likeness (QED) is 0.771. The first kappa shape index (κ1) is 10.2. The molecule has 0 aliphatic rings. The number of benzene rings is 1. The minimum Gasteiger partial charge on any atom is -0.377 e. The van der Waals surface area contributed by atoms with Crippen molar-refractivity contribution >= 4 is 0 Å². The monoisotopic (exact) mass is 179 g/mol. The molecule has 2 nitrogen and oxygen atoms in total. The summed E-state index contributed by atoms with van der Waals surface area (Å²) in [5, 5.41) is 0. The highest BCUT2D eigenvalue weighted by Gasteiger charge is 2.26. The molecule has 1 aromatic carbocycles. The fourth-order valence-electron chi connectivity index (χ4n) is 1.19. The van der Waals surface area contributed by atoms with Crippen LogP contribution < -0.4 is 5.73 Å². The SMILES string of the molecule is COC(C)(C)[C@@H](N)c1ccccc1. The van der Waals surface area contributed by atoms with Crippen molar-refractivity contribution in [3.63, 3.8) is 0 Å². The van der Waals surface area contributed by atoms with E-state index < -0.39 is 0 Å². The summed E-state index contributed by atoms with van der Waals surface area (Å²) < 4.78 is 5.33. The van der Waals surface area contributed by atoms with Crippen LogP contribution >= 0.6 is 0 Å². The van der Waals surface area contributed by atoms with Crippen LogP contribution in [-0.2, 0) is 4.74 Å². The molecule has 0 radical (unpaired) electrons. The first-order chi connectivity index (χ1) is 6.08. The Morgan fingerprint density at radius 3 is 2.23 bits per heavy atom. The molecule has 72 valence electrons. The zero-order valence-corrected chi connectivity index (χ0v) is 8.45. The summed E-state index contributed by atoms with van der Waals surface area (Å²) in [4.78, 5) is 0. The van der Waals surface area contributed by atoms with Crippen molar-refractivity contribution in [3.05, 3.63) is 35.9 Å². The maximum atomic E-state index is 6.06. The van der Waals surface area contributed by atoms with E-state index in [-0.39, 0.29) is 11.6 Å². The normalized spacial score (nSPS) is 14.2. The molecule has 1 aromatic rings. The van der Waals surface area contributed by atoms with Crippen molar-refractivity contribution in [1.29, 1.82) is 0 Å². The highest BCUT2D eigenvalue weighted by Crippen LogP contribution is 2.25. The summed E-state index contributed by atoms with van der Waals surface area (Å²) in [6, 6.07) is 9.91. The first-order valence-corrected chi connectivity index (χ1v) is 4.43. The average Bonchev–Trinajstić information content (AvgIpc) is 2.18. The van der Waals surface area contributed by atoms with Gasteiger partial charge in [0.2, 0.25) is 0 Å². The molecule has 0 amide bonds. The van der Waals surface area contributed by atoms with Gasteiger partial charge in [0.05, 0.1) is 11.6 Å². The number of rotatable bonds is 3. The number of methoxy groups -OCH3 is 1. The molecule has 0 aliphatic heterocycles. The van der Waals surface area contributed by atoms with Crippen LogP contribution in [0.5, 0.6) is 0 Å². The third kappa shape index (κ3) is 2.29. The Morgan fingerprint density at radius 1 is 1.23 bits per heavy atom. The number of hydrogen-bond acceptors (Lipinski definition) is 2. The van der Waals surface area contributed by atoms with E-state index in [0.717, 1.165) is 5.56 Å². The molecule has 0 aliphatic carbocycles. The standard InChI is InChI=1S/C11H17NO/c1-11(2,13-3)10(12)9-7-5-4-6-8-9/h4-8,10H,12H2,1-3H3/t10-/m0/s1. The fraction of sp³-hybridized carbons (Fsp3) is 0.455. The van der Waals surface area contributed by atoms with Crippen molar-refractivity contribution in [1.82, 2.24) is 0 Å². The molecule has 0 heterocycles. The van der Waals surface area contributed by atoms with E-state index in [1.165, 1.54) is 0 Å². The van der Waals surface area contributed by atoms with Crippen LogP contribution in [0.15, 0.2) is 30.3 Å². The van der Waals surface area contributed by atoms with Crippen molar-refractivity contribution in [2.24, 2.45) is 5.73 Å². The van der Waals surface area contributed by atoms with Gasteiger partial charge in [-0.2, -0.15) is 0 Å². The summed E-state index contributed by atoms with van der Waals surface area (Å²) in [6.45, 7) is 3.98. The molecular formula is C11H17NO. The summed E-state index contributed by atoms with van der Waals surface area (Å²) >= 11 is 0. The number of ether oxygens (including phenoxy) is 1. The Morgan fingerprint density at radius 2 is 1.77 bits per heavy atom. The highest BCUT2D eigenvalue weighted by molar-refractivity contribution is 5.20. The molecule has 2 heteroatoms. The second-order valence-electron chi connectivity index (χ2n) is 3.70. The first-order valence-electron chi connectivity index (χ1n) is 4.43. The Hall–Kier alpha value is -0.860. The summed E-state index contributed by atoms with van der Waals surface area (Å²) in [5.74, 6) is 0. The van der Waals surface area contributed by atoms with E-state index in [1.54, 1.807) is 7.11 Å². The van der Waals surface area contributed by atoms with Crippen LogP contribution in [-0.4, -0.2) is 12.7 Å². The van der Waals surface area contributed by atoms with Crippen molar-refractivity contribution < 1.29 is 4.74 Å². The van der Waals surface area contributed by atoms with E-state index in [4.69, 9.17) is 10.5 Å².